The van der Waals surface area contributed by atoms with E-state index in [2.05, 4.69) is 6.92 Å². The van der Waals surface area contributed by atoms with Gasteiger partial charge in [0.1, 0.15) is 5.78 Å². The first-order valence-corrected chi connectivity index (χ1v) is 10.2. The highest BCUT2D eigenvalue weighted by Gasteiger charge is 2.26. The molecule has 21 heavy (non-hydrogen) atoms. The standard InChI is InChI=1S/C16H31NO3S/c1-3-4-5-6-7-8-11-16(18)13-15-10-9-12-17(14-15)21(2,19)20/h15H,3-14H2,1-2H3. The Kier molecular flexibility index (Phi) is 8.49. The molecule has 0 amide bonds. The fourth-order valence-electron chi connectivity index (χ4n) is 3.02. The summed E-state index contributed by atoms with van der Waals surface area (Å²) >= 11 is 0. The van der Waals surface area contributed by atoms with Crippen LogP contribution in [0.25, 0.3) is 0 Å². The zero-order valence-corrected chi connectivity index (χ0v) is 14.5. The SMILES string of the molecule is CCCCCCCCC(=O)CC1CCCN(S(C)(=O)=O)C1. The molecule has 0 aromatic rings. The summed E-state index contributed by atoms with van der Waals surface area (Å²) < 4.78 is 24.6. The topological polar surface area (TPSA) is 54.5 Å². The lowest BCUT2D eigenvalue weighted by atomic mass is 9.92. The van der Waals surface area contributed by atoms with Gasteiger partial charge in [-0.2, -0.15) is 0 Å². The van der Waals surface area contributed by atoms with Gasteiger partial charge in [-0.3, -0.25) is 4.79 Å². The van der Waals surface area contributed by atoms with Crippen molar-refractivity contribution in [2.45, 2.75) is 71.1 Å². The average molecular weight is 317 g/mol. The molecule has 0 saturated carbocycles. The van der Waals surface area contributed by atoms with Crippen LogP contribution in [0.5, 0.6) is 0 Å². The molecule has 0 N–H and O–H groups in total. The van der Waals surface area contributed by atoms with Crippen molar-refractivity contribution in [2.75, 3.05) is 19.3 Å². The number of sulfonamides is 1. The number of nitrogens with zero attached hydrogens (tertiary/aromatic N) is 1. The van der Waals surface area contributed by atoms with Gasteiger partial charge in [0.05, 0.1) is 6.26 Å². The Balaban J connectivity index is 2.19. The molecule has 0 radical (unpaired) electrons. The Morgan fingerprint density at radius 3 is 2.48 bits per heavy atom. The van der Waals surface area contributed by atoms with E-state index in [0.717, 1.165) is 25.7 Å². The number of piperidine rings is 1. The third kappa shape index (κ3) is 7.96. The van der Waals surface area contributed by atoms with Crippen LogP contribution in [0.4, 0.5) is 0 Å². The van der Waals surface area contributed by atoms with E-state index >= 15 is 0 Å². The minimum absolute atomic E-state index is 0.223. The van der Waals surface area contributed by atoms with E-state index in [1.165, 1.54) is 36.2 Å². The van der Waals surface area contributed by atoms with Gasteiger partial charge < -0.3 is 0 Å². The predicted molar refractivity (Wildman–Crippen MR) is 86.8 cm³/mol. The fraction of sp³-hybridized carbons (Fsp3) is 0.938. The largest absolute Gasteiger partial charge is 0.300 e. The third-order valence-electron chi connectivity index (χ3n) is 4.28. The number of Topliss-reactive ketones (excluding diaryl/α,β-unsaturated/α-hetero) is 1. The van der Waals surface area contributed by atoms with Crippen molar-refractivity contribution >= 4 is 15.8 Å². The molecule has 5 heteroatoms. The molecule has 1 rings (SSSR count). The maximum Gasteiger partial charge on any atom is 0.211 e. The predicted octanol–water partition coefficient (Wildman–Crippen LogP) is 3.37. The van der Waals surface area contributed by atoms with E-state index in [-0.39, 0.29) is 5.92 Å². The van der Waals surface area contributed by atoms with Crippen LogP contribution >= 0.6 is 0 Å². The van der Waals surface area contributed by atoms with E-state index in [9.17, 15) is 13.2 Å². The molecule has 1 saturated heterocycles. The summed E-state index contributed by atoms with van der Waals surface area (Å²) in [6, 6.07) is 0. The van der Waals surface area contributed by atoms with Crippen molar-refractivity contribution < 1.29 is 13.2 Å². The first kappa shape index (κ1) is 18.6. The molecule has 1 heterocycles. The summed E-state index contributed by atoms with van der Waals surface area (Å²) in [5, 5.41) is 0. The van der Waals surface area contributed by atoms with Gasteiger partial charge >= 0.3 is 0 Å². The minimum Gasteiger partial charge on any atom is -0.300 e. The molecule has 4 nitrogen and oxygen atoms in total. The van der Waals surface area contributed by atoms with Gasteiger partial charge in [-0.15, -0.1) is 0 Å². The van der Waals surface area contributed by atoms with Crippen LogP contribution < -0.4 is 0 Å². The number of ketones is 1. The van der Waals surface area contributed by atoms with Gasteiger partial charge in [0.2, 0.25) is 10.0 Å². The van der Waals surface area contributed by atoms with Crippen LogP contribution in [-0.2, 0) is 14.8 Å². The van der Waals surface area contributed by atoms with Crippen LogP contribution in [-0.4, -0.2) is 37.9 Å². The molecule has 1 aliphatic heterocycles. The fourth-order valence-corrected chi connectivity index (χ4v) is 3.96. The van der Waals surface area contributed by atoms with Crippen molar-refractivity contribution in [1.82, 2.24) is 4.31 Å². The summed E-state index contributed by atoms with van der Waals surface area (Å²) in [6.07, 6.45) is 11.5. The van der Waals surface area contributed by atoms with Gasteiger partial charge in [-0.25, -0.2) is 12.7 Å². The van der Waals surface area contributed by atoms with Crippen molar-refractivity contribution in [3.63, 3.8) is 0 Å². The highest BCUT2D eigenvalue weighted by Crippen LogP contribution is 2.22. The van der Waals surface area contributed by atoms with Crippen LogP contribution in [0.3, 0.4) is 0 Å². The second kappa shape index (κ2) is 9.57. The molecule has 1 aliphatic rings. The summed E-state index contributed by atoms with van der Waals surface area (Å²) in [7, 11) is -3.10. The van der Waals surface area contributed by atoms with Crippen molar-refractivity contribution in [3.05, 3.63) is 0 Å². The van der Waals surface area contributed by atoms with Gasteiger partial charge in [0.15, 0.2) is 0 Å². The highest BCUT2D eigenvalue weighted by atomic mass is 32.2. The number of hydrogen-bond acceptors (Lipinski definition) is 3. The molecule has 0 aromatic carbocycles. The van der Waals surface area contributed by atoms with E-state index in [1.807, 2.05) is 0 Å². The summed E-state index contributed by atoms with van der Waals surface area (Å²) in [6.45, 7) is 3.34. The zero-order valence-electron chi connectivity index (χ0n) is 13.6. The third-order valence-corrected chi connectivity index (χ3v) is 5.55. The molecule has 124 valence electrons. The first-order valence-electron chi connectivity index (χ1n) is 8.40. The van der Waals surface area contributed by atoms with Gasteiger partial charge in [-0.1, -0.05) is 39.0 Å². The molecule has 0 bridgehead atoms. The van der Waals surface area contributed by atoms with Crippen LogP contribution in [0.15, 0.2) is 0 Å². The second-order valence-corrected chi connectivity index (χ2v) is 8.37. The lowest BCUT2D eigenvalue weighted by molar-refractivity contribution is -0.120. The summed E-state index contributed by atoms with van der Waals surface area (Å²) in [5.74, 6) is 0.534. The molecule has 1 atom stereocenters. The Morgan fingerprint density at radius 2 is 1.81 bits per heavy atom. The molecule has 0 aromatic heterocycles. The van der Waals surface area contributed by atoms with E-state index in [1.54, 1.807) is 0 Å². The molecule has 0 aliphatic carbocycles. The monoisotopic (exact) mass is 317 g/mol. The number of hydrogen-bond donors (Lipinski definition) is 0. The number of rotatable bonds is 10. The van der Waals surface area contributed by atoms with Crippen molar-refractivity contribution in [3.8, 4) is 0 Å². The Hall–Kier alpha value is -0.420. The number of carbonyl (C=O) groups excluding carboxylic acids is 1. The lowest BCUT2D eigenvalue weighted by Gasteiger charge is -2.30. The maximum atomic E-state index is 12.0. The lowest BCUT2D eigenvalue weighted by Crippen LogP contribution is -2.39. The number of carbonyl (C=O) groups is 1. The van der Waals surface area contributed by atoms with Crippen molar-refractivity contribution in [1.29, 1.82) is 0 Å². The average Bonchev–Trinajstić information content (AvgIpc) is 2.42. The van der Waals surface area contributed by atoms with Gasteiger partial charge in [0.25, 0.3) is 0 Å². The normalized spacial score (nSPS) is 20.6. The maximum absolute atomic E-state index is 12.0. The Bertz CT molecular complexity index is 406. The minimum atomic E-state index is -3.10. The molecule has 0 spiro atoms. The van der Waals surface area contributed by atoms with E-state index in [0.29, 0.717) is 31.7 Å². The summed E-state index contributed by atoms with van der Waals surface area (Å²) in [4.78, 5) is 12.0. The molecule has 1 fully saturated rings. The zero-order chi connectivity index (χ0) is 15.7. The highest BCUT2D eigenvalue weighted by molar-refractivity contribution is 7.88. The number of unbranched alkanes of at least 4 members (excludes halogenated alkanes) is 5. The van der Waals surface area contributed by atoms with Crippen LogP contribution in [0.1, 0.15) is 71.1 Å². The smallest absolute Gasteiger partial charge is 0.211 e. The molecule has 1 unspecified atom stereocenters. The van der Waals surface area contributed by atoms with E-state index < -0.39 is 10.0 Å². The van der Waals surface area contributed by atoms with Gasteiger partial charge in [-0.05, 0) is 25.2 Å². The second-order valence-electron chi connectivity index (χ2n) is 6.39. The summed E-state index contributed by atoms with van der Waals surface area (Å²) in [5.41, 5.74) is 0. The molecular formula is C16H31NO3S. The van der Waals surface area contributed by atoms with Crippen molar-refractivity contribution in [2.24, 2.45) is 5.92 Å². The van der Waals surface area contributed by atoms with Crippen LogP contribution in [0, 0.1) is 5.92 Å². The first-order chi connectivity index (χ1) is 9.93. The quantitative estimate of drug-likeness (QED) is 0.580. The Labute approximate surface area is 130 Å². The van der Waals surface area contributed by atoms with Crippen LogP contribution in [0.2, 0.25) is 0 Å². The Morgan fingerprint density at radius 1 is 1.14 bits per heavy atom. The van der Waals surface area contributed by atoms with Gasteiger partial charge in [0, 0.05) is 25.9 Å². The van der Waals surface area contributed by atoms with E-state index in [4.69, 9.17) is 0 Å². The molecular weight excluding hydrogens is 286 g/mol.